The minimum absolute atomic E-state index is 0.000185. The summed E-state index contributed by atoms with van der Waals surface area (Å²) in [4.78, 5) is 29.9. The molecule has 3 rings (SSSR count). The van der Waals surface area contributed by atoms with Crippen LogP contribution in [0.3, 0.4) is 0 Å². The van der Waals surface area contributed by atoms with E-state index in [9.17, 15) is 14.9 Å². The van der Waals surface area contributed by atoms with Crippen LogP contribution in [0.2, 0.25) is 0 Å². The fourth-order valence-electron chi connectivity index (χ4n) is 2.74. The van der Waals surface area contributed by atoms with Crippen LogP contribution >= 0.6 is 11.8 Å². The molecule has 26 heavy (non-hydrogen) atoms. The molecular weight excluding hydrogens is 354 g/mol. The lowest BCUT2D eigenvalue weighted by Gasteiger charge is -2.22. The summed E-state index contributed by atoms with van der Waals surface area (Å²) < 4.78 is 5.45. The molecule has 0 saturated heterocycles. The molecule has 136 valence electrons. The number of rotatable bonds is 4. The summed E-state index contributed by atoms with van der Waals surface area (Å²) in [5, 5.41) is 11.5. The van der Waals surface area contributed by atoms with Crippen molar-refractivity contribution in [3.63, 3.8) is 0 Å². The van der Waals surface area contributed by atoms with E-state index in [0.717, 1.165) is 17.0 Å². The lowest BCUT2D eigenvalue weighted by Crippen LogP contribution is -2.36. The molecule has 1 aromatic heterocycles. The predicted octanol–water partition coefficient (Wildman–Crippen LogP) is 3.59. The molecular formula is C18H19N3O4S. The number of amides is 1. The van der Waals surface area contributed by atoms with Gasteiger partial charge in [0, 0.05) is 23.6 Å². The Kier molecular flexibility index (Phi) is 5.41. The summed E-state index contributed by atoms with van der Waals surface area (Å²) >= 11 is 1.74. The summed E-state index contributed by atoms with van der Waals surface area (Å²) in [5.74, 6) is -0.611. The molecule has 7 nitrogen and oxygen atoms in total. The maximum absolute atomic E-state index is 12.7. The van der Waals surface area contributed by atoms with E-state index < -0.39 is 4.92 Å². The van der Waals surface area contributed by atoms with E-state index >= 15 is 0 Å². The average molecular weight is 373 g/mol. The second kappa shape index (κ2) is 7.74. The second-order valence-corrected chi connectivity index (χ2v) is 7.53. The Hall–Kier alpha value is -2.61. The standard InChI is InChI=1S/C18H19N3O4S/c1-12-7-8-15(18(19-12)21(23)24)25-11-17(22)20-10-9-13(2)26-16-6-4-3-5-14(16)20/h3-8,13H,9-11H2,1-2H3/t13-/m1/s1. The quantitative estimate of drug-likeness (QED) is 0.601. The Morgan fingerprint density at radius 1 is 1.38 bits per heavy atom. The highest BCUT2D eigenvalue weighted by Gasteiger charge is 2.25. The number of hydrogen-bond donors (Lipinski definition) is 0. The molecule has 1 atom stereocenters. The summed E-state index contributed by atoms with van der Waals surface area (Å²) in [6.07, 6.45) is 0.858. The maximum Gasteiger partial charge on any atom is 0.406 e. The first kappa shape index (κ1) is 18.2. The van der Waals surface area contributed by atoms with Crippen molar-refractivity contribution in [1.29, 1.82) is 0 Å². The lowest BCUT2D eigenvalue weighted by atomic mass is 10.2. The fourth-order valence-corrected chi connectivity index (χ4v) is 3.85. The number of nitrogens with zero attached hydrogens (tertiary/aromatic N) is 3. The van der Waals surface area contributed by atoms with Gasteiger partial charge in [-0.15, -0.1) is 11.8 Å². The number of aromatic nitrogens is 1. The van der Waals surface area contributed by atoms with Gasteiger partial charge in [0.05, 0.1) is 5.69 Å². The van der Waals surface area contributed by atoms with Gasteiger partial charge in [0.15, 0.2) is 6.61 Å². The number of pyridine rings is 1. The summed E-state index contributed by atoms with van der Waals surface area (Å²) in [7, 11) is 0. The van der Waals surface area contributed by atoms with Crippen molar-refractivity contribution >= 4 is 29.2 Å². The number of carbonyl (C=O) groups excluding carboxylic acids is 1. The number of fused-ring (bicyclic) bond motifs is 1. The Morgan fingerprint density at radius 3 is 2.92 bits per heavy atom. The average Bonchev–Trinajstić information content (AvgIpc) is 2.78. The maximum atomic E-state index is 12.7. The van der Waals surface area contributed by atoms with Gasteiger partial charge in [-0.25, -0.2) is 0 Å². The van der Waals surface area contributed by atoms with Crippen molar-refractivity contribution in [2.45, 2.75) is 30.4 Å². The Morgan fingerprint density at radius 2 is 2.15 bits per heavy atom. The van der Waals surface area contributed by atoms with Gasteiger partial charge in [-0.05, 0) is 40.6 Å². The van der Waals surface area contributed by atoms with Crippen LogP contribution in [0.15, 0.2) is 41.3 Å². The zero-order valence-corrected chi connectivity index (χ0v) is 15.4. The SMILES string of the molecule is Cc1ccc(OCC(=O)N2CC[C@@H](C)Sc3ccccc32)c([N+](=O)[O-])n1. The molecule has 1 aliphatic rings. The third kappa shape index (κ3) is 3.96. The Bertz CT molecular complexity index is 843. The van der Waals surface area contributed by atoms with E-state index in [1.807, 2.05) is 24.3 Å². The van der Waals surface area contributed by atoms with Gasteiger partial charge in [0.1, 0.15) is 5.69 Å². The van der Waals surface area contributed by atoms with Gasteiger partial charge >= 0.3 is 5.82 Å². The summed E-state index contributed by atoms with van der Waals surface area (Å²) in [6, 6.07) is 10.8. The summed E-state index contributed by atoms with van der Waals surface area (Å²) in [5.41, 5.74) is 1.37. The van der Waals surface area contributed by atoms with E-state index in [1.165, 1.54) is 6.07 Å². The number of hydrogen-bond acceptors (Lipinski definition) is 6. The number of anilines is 1. The molecule has 2 heterocycles. The Labute approximate surface area is 155 Å². The fraction of sp³-hybridized carbons (Fsp3) is 0.333. The number of aryl methyl sites for hydroxylation is 1. The van der Waals surface area contributed by atoms with Crippen LogP contribution in [0.1, 0.15) is 19.0 Å². The van der Waals surface area contributed by atoms with Crippen LogP contribution in [0.5, 0.6) is 5.75 Å². The molecule has 0 radical (unpaired) electrons. The molecule has 1 aromatic carbocycles. The first-order valence-corrected chi connectivity index (χ1v) is 9.14. The number of carbonyl (C=O) groups is 1. The number of benzene rings is 1. The topological polar surface area (TPSA) is 85.6 Å². The van der Waals surface area contributed by atoms with Crippen molar-refractivity contribution in [2.24, 2.45) is 0 Å². The van der Waals surface area contributed by atoms with Crippen molar-refractivity contribution in [1.82, 2.24) is 4.98 Å². The molecule has 0 spiro atoms. The van der Waals surface area contributed by atoms with Crippen LogP contribution < -0.4 is 9.64 Å². The zero-order chi connectivity index (χ0) is 18.7. The van der Waals surface area contributed by atoms with Crippen LogP contribution in [0.4, 0.5) is 11.5 Å². The van der Waals surface area contributed by atoms with E-state index in [4.69, 9.17) is 4.74 Å². The number of nitro groups is 1. The minimum Gasteiger partial charge on any atom is -0.476 e. The highest BCUT2D eigenvalue weighted by Crippen LogP contribution is 2.37. The van der Waals surface area contributed by atoms with E-state index in [2.05, 4.69) is 11.9 Å². The van der Waals surface area contributed by atoms with Crippen LogP contribution in [-0.4, -0.2) is 34.2 Å². The van der Waals surface area contributed by atoms with E-state index in [0.29, 0.717) is 17.5 Å². The molecule has 0 fully saturated rings. The van der Waals surface area contributed by atoms with Gasteiger partial charge in [0.2, 0.25) is 5.75 Å². The molecule has 0 bridgehead atoms. The number of thioether (sulfide) groups is 1. The van der Waals surface area contributed by atoms with E-state index in [1.54, 1.807) is 29.7 Å². The first-order valence-electron chi connectivity index (χ1n) is 8.26. The monoisotopic (exact) mass is 373 g/mol. The molecule has 0 saturated carbocycles. The third-order valence-corrected chi connectivity index (χ3v) is 5.28. The van der Waals surface area contributed by atoms with Gasteiger partial charge in [-0.2, -0.15) is 0 Å². The minimum atomic E-state index is -0.605. The molecule has 0 unspecified atom stereocenters. The van der Waals surface area contributed by atoms with Crippen molar-refractivity contribution < 1.29 is 14.5 Å². The van der Waals surface area contributed by atoms with Crippen molar-refractivity contribution in [2.75, 3.05) is 18.1 Å². The molecule has 0 aliphatic carbocycles. The van der Waals surface area contributed by atoms with Gasteiger partial charge in [-0.1, -0.05) is 19.1 Å². The molecule has 8 heteroatoms. The zero-order valence-electron chi connectivity index (χ0n) is 14.5. The van der Waals surface area contributed by atoms with Crippen LogP contribution in [-0.2, 0) is 4.79 Å². The predicted molar refractivity (Wildman–Crippen MR) is 99.9 cm³/mol. The lowest BCUT2D eigenvalue weighted by molar-refractivity contribution is -0.390. The second-order valence-electron chi connectivity index (χ2n) is 6.05. The Balaban J connectivity index is 1.78. The van der Waals surface area contributed by atoms with Crippen molar-refractivity contribution in [3.8, 4) is 5.75 Å². The molecule has 0 N–H and O–H groups in total. The normalized spacial score (nSPS) is 16.5. The molecule has 1 aliphatic heterocycles. The molecule has 1 amide bonds. The largest absolute Gasteiger partial charge is 0.476 e. The smallest absolute Gasteiger partial charge is 0.406 e. The van der Waals surface area contributed by atoms with Crippen LogP contribution in [0.25, 0.3) is 0 Å². The number of ether oxygens (including phenoxy) is 1. The van der Waals surface area contributed by atoms with Crippen molar-refractivity contribution in [3.05, 3.63) is 52.2 Å². The van der Waals surface area contributed by atoms with Gasteiger partial charge in [0.25, 0.3) is 5.91 Å². The third-order valence-electron chi connectivity index (χ3n) is 4.05. The number of para-hydroxylation sites is 1. The highest BCUT2D eigenvalue weighted by atomic mass is 32.2. The van der Waals surface area contributed by atoms with Crippen LogP contribution in [0, 0.1) is 17.0 Å². The van der Waals surface area contributed by atoms with Gasteiger partial charge < -0.3 is 19.8 Å². The highest BCUT2D eigenvalue weighted by molar-refractivity contribution is 8.00. The van der Waals surface area contributed by atoms with Gasteiger partial charge in [-0.3, -0.25) is 4.79 Å². The first-order chi connectivity index (χ1) is 12.5. The van der Waals surface area contributed by atoms with E-state index in [-0.39, 0.29) is 24.1 Å². The summed E-state index contributed by atoms with van der Waals surface area (Å²) in [6.45, 7) is 4.10. The molecule has 2 aromatic rings.